The van der Waals surface area contributed by atoms with Crippen molar-refractivity contribution in [3.05, 3.63) is 130 Å². The molecular weight excluding hydrogens is 1270 g/mol. The van der Waals surface area contributed by atoms with Gasteiger partial charge < -0.3 is 28.4 Å². The Morgan fingerprint density at radius 3 is 0.871 bits per heavy atom. The number of imide groups is 3. The number of hydrogen-bond acceptors (Lipinski definition) is 12. The van der Waals surface area contributed by atoms with Crippen LogP contribution < -0.4 is 28.4 Å². The lowest BCUT2D eigenvalue weighted by Crippen LogP contribution is -2.43. The van der Waals surface area contributed by atoms with E-state index in [9.17, 15) is 28.8 Å². The number of benzene rings is 7. The second kappa shape index (κ2) is 39.1. The van der Waals surface area contributed by atoms with E-state index in [4.69, 9.17) is 28.4 Å². The molecule has 3 aliphatic rings. The summed E-state index contributed by atoms with van der Waals surface area (Å²) < 4.78 is 34.5. The fraction of sp³-hybridized carbons (Fsp3) is 0.512. The minimum atomic E-state index is -0.233. The molecule has 10 rings (SSSR count). The molecule has 0 saturated carbocycles. The number of nitrogens with zero attached hydrogens (tertiary/aromatic N) is 3. The number of ether oxygens (including phenoxy) is 6. The van der Waals surface area contributed by atoms with Crippen molar-refractivity contribution in [1.82, 2.24) is 14.7 Å². The largest absolute Gasteiger partial charge is 0.497 e. The zero-order valence-corrected chi connectivity index (χ0v) is 62.7. The summed E-state index contributed by atoms with van der Waals surface area (Å²) in [6.07, 6.45) is 26.9. The molecule has 544 valence electrons. The molecule has 0 N–H and O–H groups in total. The number of carbonyl (C=O) groups excluding carboxylic acids is 6. The summed E-state index contributed by atoms with van der Waals surface area (Å²) in [6, 6.07) is 29.7. The first-order valence-electron chi connectivity index (χ1n) is 38.1. The van der Waals surface area contributed by atoms with E-state index < -0.39 is 0 Å². The maximum absolute atomic E-state index is 13.8. The molecule has 15 heteroatoms. The highest BCUT2D eigenvalue weighted by atomic mass is 16.5. The molecule has 3 aliphatic heterocycles. The lowest BCUT2D eigenvalue weighted by atomic mass is 9.87. The van der Waals surface area contributed by atoms with Crippen LogP contribution >= 0.6 is 0 Å². The van der Waals surface area contributed by atoms with Crippen molar-refractivity contribution in [1.29, 1.82) is 0 Å². The van der Waals surface area contributed by atoms with Gasteiger partial charge in [0, 0.05) is 74.6 Å². The van der Waals surface area contributed by atoms with Gasteiger partial charge in [-0.2, -0.15) is 0 Å². The summed E-state index contributed by atoms with van der Waals surface area (Å²) in [5, 5.41) is 4.23. The fourth-order valence-corrected chi connectivity index (χ4v) is 14.5. The van der Waals surface area contributed by atoms with E-state index in [1.54, 1.807) is 58.8 Å². The molecule has 7 aromatic rings. The minimum Gasteiger partial charge on any atom is -0.497 e. The quantitative estimate of drug-likeness (QED) is 0.0265. The van der Waals surface area contributed by atoms with Crippen LogP contribution in [0.1, 0.15) is 272 Å². The van der Waals surface area contributed by atoms with Gasteiger partial charge in [-0.3, -0.25) is 43.5 Å². The van der Waals surface area contributed by atoms with Crippen LogP contribution in [-0.4, -0.2) is 111 Å². The first-order chi connectivity index (χ1) is 49.2. The lowest BCUT2D eigenvalue weighted by Gasteiger charge is -2.31. The number of amides is 6. The number of hydrogen-bond donors (Lipinski definition) is 0. The first kappa shape index (κ1) is 78.3. The molecule has 0 bridgehead atoms. The van der Waals surface area contributed by atoms with Gasteiger partial charge in [0.05, 0.1) is 52.4 Å². The molecule has 3 atom stereocenters. The number of carbonyl (C=O) groups is 6. The number of rotatable bonds is 39. The van der Waals surface area contributed by atoms with E-state index in [0.717, 1.165) is 130 Å². The van der Waals surface area contributed by atoms with Crippen molar-refractivity contribution in [3.8, 4) is 45.6 Å². The molecule has 101 heavy (non-hydrogen) atoms. The van der Waals surface area contributed by atoms with Crippen LogP contribution in [0.4, 0.5) is 0 Å². The van der Waals surface area contributed by atoms with Crippen molar-refractivity contribution < 1.29 is 57.2 Å². The van der Waals surface area contributed by atoms with Crippen molar-refractivity contribution in [2.24, 2.45) is 17.8 Å². The number of methoxy groups -OCH3 is 4. The Morgan fingerprint density at radius 1 is 0.277 bits per heavy atom. The maximum Gasteiger partial charge on any atom is 0.261 e. The number of unbranched alkanes of at least 4 members (excludes halogenated alkanes) is 13. The van der Waals surface area contributed by atoms with Crippen molar-refractivity contribution in [3.63, 3.8) is 0 Å². The average molecular weight is 1380 g/mol. The molecule has 7 aromatic carbocycles. The molecule has 0 fully saturated rings. The average Bonchev–Trinajstić information content (AvgIpc) is 0.746. The summed E-state index contributed by atoms with van der Waals surface area (Å²) in [5.74, 6) is 3.67. The highest BCUT2D eigenvalue weighted by molar-refractivity contribution is 6.29. The standard InChI is InChI=1S/C36H55NO4.C28H31NO4.C22H27NO4/c1-5-9-12-14-16-18-25-40-31-23-21-29-33-30(36(39)37(35(29)38)27-28(8-4)20-11-7-3)22-24-32(34(31)33)41-26-19-17-15-13-10-6-2;1-5-7-8-18(6-2)17-29-27(30)22-14-13-21(19-9-11-20(32-3)12-10-19)26-24(33-4)16-15-23(25(22)26)28(29)31;1-5-7-8-14(6-2)13-23-21(24)15-9-11-17(26-3)20-18(27-4)12-10-16(19(15)20)22(23)25/h21-24,28H,5-20,25-27H2,1-4H3;9-16,18H,5-8,17H2,1-4H3;9-12,14H,5-8,13H2,1-4H3. The monoisotopic (exact) mass is 1380 g/mol. The second-order valence-corrected chi connectivity index (χ2v) is 27.5. The van der Waals surface area contributed by atoms with Crippen molar-refractivity contribution >= 4 is 67.8 Å². The van der Waals surface area contributed by atoms with Crippen LogP contribution in [0, 0.1) is 17.8 Å². The Balaban J connectivity index is 0.000000197. The molecule has 0 aromatic heterocycles. The molecular formula is C86H113N3O12. The molecule has 3 unspecified atom stereocenters. The summed E-state index contributed by atoms with van der Waals surface area (Å²) in [6.45, 7) is 20.0. The summed E-state index contributed by atoms with van der Waals surface area (Å²) in [7, 11) is 6.39. The Labute approximate surface area is 601 Å². The molecule has 3 heterocycles. The molecule has 0 spiro atoms. The van der Waals surface area contributed by atoms with Gasteiger partial charge >= 0.3 is 0 Å². The normalized spacial score (nSPS) is 14.0. The van der Waals surface area contributed by atoms with Gasteiger partial charge in [-0.1, -0.05) is 196 Å². The van der Waals surface area contributed by atoms with Crippen molar-refractivity contribution in [2.75, 3.05) is 61.3 Å². The molecule has 6 amide bonds. The van der Waals surface area contributed by atoms with Crippen LogP contribution in [0.5, 0.6) is 34.5 Å². The van der Waals surface area contributed by atoms with Gasteiger partial charge in [-0.15, -0.1) is 0 Å². The predicted octanol–water partition coefficient (Wildman–Crippen LogP) is 21.1. The fourth-order valence-electron chi connectivity index (χ4n) is 14.5. The van der Waals surface area contributed by atoms with Crippen LogP contribution in [0.2, 0.25) is 0 Å². The molecule has 0 saturated heterocycles. The highest BCUT2D eigenvalue weighted by Crippen LogP contribution is 2.45. The van der Waals surface area contributed by atoms with E-state index in [1.807, 2.05) is 66.7 Å². The Morgan fingerprint density at radius 2 is 0.554 bits per heavy atom. The molecule has 15 nitrogen and oxygen atoms in total. The van der Waals surface area contributed by atoms with Gasteiger partial charge in [-0.25, -0.2) is 0 Å². The zero-order valence-electron chi connectivity index (χ0n) is 62.7. The van der Waals surface area contributed by atoms with Gasteiger partial charge in [0.2, 0.25) is 0 Å². The van der Waals surface area contributed by atoms with Gasteiger partial charge in [-0.05, 0) is 140 Å². The van der Waals surface area contributed by atoms with Crippen molar-refractivity contribution in [2.45, 2.75) is 209 Å². The van der Waals surface area contributed by atoms with E-state index in [-0.39, 0.29) is 35.4 Å². The SMILES string of the molecule is CCCCC(CC)CN1C(=O)c2ccc(OC)c3c(-c4ccc(OC)cc4)ccc(c23)C1=O.CCCCC(CC)CN1C(=O)c2ccc(OC)c3c(OC)ccc(c23)C1=O.CCCCCCCCOc1ccc2c3c(ccc(OCCCCCCCC)c13)C(=O)N(CC(CC)CCCC)C2=O. The van der Waals surface area contributed by atoms with E-state index >= 15 is 0 Å². The smallest absolute Gasteiger partial charge is 0.261 e. The Kier molecular flexibility index (Phi) is 30.3. The Bertz CT molecular complexity index is 3800. The van der Waals surface area contributed by atoms with Gasteiger partial charge in [0.15, 0.2) is 0 Å². The third-order valence-corrected chi connectivity index (χ3v) is 20.7. The summed E-state index contributed by atoms with van der Waals surface area (Å²) >= 11 is 0. The van der Waals surface area contributed by atoms with E-state index in [1.165, 1.54) is 66.1 Å². The Hall–Kier alpha value is -8.46. The van der Waals surface area contributed by atoms with Gasteiger partial charge in [0.1, 0.15) is 34.5 Å². The zero-order chi connectivity index (χ0) is 72.5. The highest BCUT2D eigenvalue weighted by Gasteiger charge is 2.39. The third kappa shape index (κ3) is 18.4. The topological polar surface area (TPSA) is 168 Å². The lowest BCUT2D eigenvalue weighted by molar-refractivity contribution is 0.0565. The van der Waals surface area contributed by atoms with Crippen LogP contribution in [0.3, 0.4) is 0 Å². The van der Waals surface area contributed by atoms with E-state index in [2.05, 4.69) is 55.4 Å². The van der Waals surface area contributed by atoms with Crippen LogP contribution in [-0.2, 0) is 0 Å². The first-order valence-corrected chi connectivity index (χ1v) is 38.1. The second-order valence-electron chi connectivity index (χ2n) is 27.5. The third-order valence-electron chi connectivity index (χ3n) is 20.7. The summed E-state index contributed by atoms with van der Waals surface area (Å²) in [5.41, 5.74) is 5.22. The predicted molar refractivity (Wildman–Crippen MR) is 407 cm³/mol. The minimum absolute atomic E-state index is 0.196. The molecule has 0 aliphatic carbocycles. The van der Waals surface area contributed by atoms with Crippen LogP contribution in [0.15, 0.2) is 97.1 Å². The van der Waals surface area contributed by atoms with Gasteiger partial charge in [0.25, 0.3) is 35.4 Å². The van der Waals surface area contributed by atoms with E-state index in [0.29, 0.717) is 134 Å². The molecule has 0 radical (unpaired) electrons. The summed E-state index contributed by atoms with van der Waals surface area (Å²) in [4.78, 5) is 85.2. The maximum atomic E-state index is 13.8. The van der Waals surface area contributed by atoms with Crippen LogP contribution in [0.25, 0.3) is 43.4 Å².